The predicted octanol–water partition coefficient (Wildman–Crippen LogP) is 2.27. The molecule has 0 spiro atoms. The third-order valence-electron chi connectivity index (χ3n) is 5.20. The van der Waals surface area contributed by atoms with Crippen LogP contribution in [0.4, 0.5) is 0 Å². The molecule has 7 nitrogen and oxygen atoms in total. The third-order valence-corrected chi connectivity index (χ3v) is 5.20. The molecule has 1 aromatic carbocycles. The maximum Gasteiger partial charge on any atom is 0.231 e. The lowest BCUT2D eigenvalue weighted by atomic mass is 9.88. The fraction of sp³-hybridized carbons (Fsp3) is 0.474. The topological polar surface area (TPSA) is 65.8 Å². The van der Waals surface area contributed by atoms with Gasteiger partial charge in [-0.25, -0.2) is 0 Å². The second kappa shape index (κ2) is 6.32. The molecular formula is C19H23N3O4. The number of aryl methyl sites for hydroxylation is 2. The summed E-state index contributed by atoms with van der Waals surface area (Å²) in [7, 11) is 5.50. The Hall–Kier alpha value is -2.54. The first kappa shape index (κ1) is 16.9. The number of carbonyl (C=O) groups excluding carboxylic acids is 1. The third kappa shape index (κ3) is 2.63. The Labute approximate surface area is 152 Å². The van der Waals surface area contributed by atoms with E-state index >= 15 is 0 Å². The van der Waals surface area contributed by atoms with Crippen LogP contribution in [0, 0.1) is 6.92 Å². The van der Waals surface area contributed by atoms with Crippen LogP contribution in [0.25, 0.3) is 0 Å². The normalized spacial score (nSPS) is 18.7. The molecule has 2 aromatic rings. The number of ether oxygens (including phenoxy) is 3. The Kier molecular flexibility index (Phi) is 4.11. The molecule has 26 heavy (non-hydrogen) atoms. The minimum atomic E-state index is -0.0860. The Morgan fingerprint density at radius 3 is 2.88 bits per heavy atom. The highest BCUT2D eigenvalue weighted by atomic mass is 16.7. The van der Waals surface area contributed by atoms with Crippen LogP contribution in [-0.4, -0.2) is 48.0 Å². The summed E-state index contributed by atoms with van der Waals surface area (Å²) in [6, 6.07) is 1.94. The highest BCUT2D eigenvalue weighted by Gasteiger charge is 2.35. The number of likely N-dealkylation sites (N-methyl/N-ethyl adjacent to an activating group) is 1. The van der Waals surface area contributed by atoms with Gasteiger partial charge in [0.1, 0.15) is 5.69 Å². The van der Waals surface area contributed by atoms with Crippen molar-refractivity contribution in [1.82, 2.24) is 14.7 Å². The lowest BCUT2D eigenvalue weighted by molar-refractivity contribution is 0.0919. The SMILES string of the molecule is COc1c2c(cc3c1C(CC(=O)c1nn(C)cc1C)N(C)CC3)OCO2. The standard InChI is InChI=1S/C19H23N3O4/c1-11-9-22(3)20-17(11)14(23)8-13-16-12(5-6-21(13)2)7-15-18(19(16)24-4)26-10-25-15/h7,9,13H,5-6,8,10H2,1-4H3. The molecule has 0 N–H and O–H groups in total. The zero-order valence-electron chi connectivity index (χ0n) is 15.5. The summed E-state index contributed by atoms with van der Waals surface area (Å²) in [5.74, 6) is 2.06. The van der Waals surface area contributed by atoms with Gasteiger partial charge in [-0.05, 0) is 37.6 Å². The first-order valence-electron chi connectivity index (χ1n) is 8.72. The Morgan fingerprint density at radius 2 is 2.19 bits per heavy atom. The van der Waals surface area contributed by atoms with Crippen molar-refractivity contribution in [2.45, 2.75) is 25.8 Å². The lowest BCUT2D eigenvalue weighted by Crippen LogP contribution is -2.34. The second-order valence-electron chi connectivity index (χ2n) is 6.92. The lowest BCUT2D eigenvalue weighted by Gasteiger charge is -2.35. The number of Topliss-reactive ketones (excluding diaryl/α,β-unsaturated/α-hetero) is 1. The van der Waals surface area contributed by atoms with Crippen molar-refractivity contribution in [3.05, 3.63) is 34.6 Å². The number of hydrogen-bond donors (Lipinski definition) is 0. The van der Waals surface area contributed by atoms with Gasteiger partial charge < -0.3 is 14.2 Å². The molecule has 4 rings (SSSR count). The van der Waals surface area contributed by atoms with E-state index in [2.05, 4.69) is 10.00 Å². The van der Waals surface area contributed by atoms with Crippen molar-refractivity contribution in [1.29, 1.82) is 0 Å². The number of ketones is 1. The van der Waals surface area contributed by atoms with Gasteiger partial charge in [0.05, 0.1) is 7.11 Å². The molecule has 1 unspecified atom stereocenters. The Bertz CT molecular complexity index is 874. The number of aromatic nitrogens is 2. The van der Waals surface area contributed by atoms with Crippen LogP contribution in [0.2, 0.25) is 0 Å². The predicted molar refractivity (Wildman–Crippen MR) is 95.1 cm³/mol. The molecule has 1 atom stereocenters. The van der Waals surface area contributed by atoms with Crippen molar-refractivity contribution in [2.24, 2.45) is 7.05 Å². The molecule has 0 radical (unpaired) electrons. The van der Waals surface area contributed by atoms with Gasteiger partial charge in [0, 0.05) is 37.8 Å². The van der Waals surface area contributed by atoms with E-state index in [1.165, 1.54) is 0 Å². The van der Waals surface area contributed by atoms with Gasteiger partial charge in [-0.15, -0.1) is 0 Å². The number of rotatable bonds is 4. The van der Waals surface area contributed by atoms with Gasteiger partial charge in [-0.2, -0.15) is 5.10 Å². The molecule has 0 fully saturated rings. The maximum atomic E-state index is 12.9. The van der Waals surface area contributed by atoms with E-state index in [-0.39, 0.29) is 18.6 Å². The first-order valence-corrected chi connectivity index (χ1v) is 8.72. The summed E-state index contributed by atoms with van der Waals surface area (Å²) < 4.78 is 18.5. The van der Waals surface area contributed by atoms with Gasteiger partial charge in [0.2, 0.25) is 12.5 Å². The van der Waals surface area contributed by atoms with Crippen LogP contribution in [0.5, 0.6) is 17.2 Å². The molecule has 1 aromatic heterocycles. The monoisotopic (exact) mass is 357 g/mol. The molecule has 2 aliphatic rings. The summed E-state index contributed by atoms with van der Waals surface area (Å²) in [5, 5.41) is 4.33. The van der Waals surface area contributed by atoms with E-state index in [1.54, 1.807) is 11.8 Å². The summed E-state index contributed by atoms with van der Waals surface area (Å²) in [6.45, 7) is 2.98. The summed E-state index contributed by atoms with van der Waals surface area (Å²) >= 11 is 0. The largest absolute Gasteiger partial charge is 0.492 e. The summed E-state index contributed by atoms with van der Waals surface area (Å²) in [6.07, 6.45) is 3.09. The van der Waals surface area contributed by atoms with Crippen LogP contribution in [0.3, 0.4) is 0 Å². The van der Waals surface area contributed by atoms with Crippen molar-refractivity contribution in [2.75, 3.05) is 27.5 Å². The smallest absolute Gasteiger partial charge is 0.231 e. The van der Waals surface area contributed by atoms with Gasteiger partial charge in [-0.3, -0.25) is 14.4 Å². The van der Waals surface area contributed by atoms with Crippen LogP contribution in [0.15, 0.2) is 12.3 Å². The highest BCUT2D eigenvalue weighted by Crippen LogP contribution is 2.50. The molecule has 0 amide bonds. The van der Waals surface area contributed by atoms with Crippen LogP contribution < -0.4 is 14.2 Å². The number of carbonyl (C=O) groups is 1. The van der Waals surface area contributed by atoms with Crippen molar-refractivity contribution >= 4 is 5.78 Å². The average molecular weight is 357 g/mol. The van der Waals surface area contributed by atoms with Crippen molar-refractivity contribution in [3.8, 4) is 17.2 Å². The average Bonchev–Trinajstić information content (AvgIpc) is 3.21. The first-order chi connectivity index (χ1) is 12.5. The minimum absolute atomic E-state index is 0.0347. The van der Waals surface area contributed by atoms with Gasteiger partial charge in [0.15, 0.2) is 17.3 Å². The molecule has 0 aliphatic carbocycles. The number of methoxy groups -OCH3 is 1. The Balaban J connectivity index is 1.74. The number of fused-ring (bicyclic) bond motifs is 2. The maximum absolute atomic E-state index is 12.9. The molecule has 138 valence electrons. The number of hydrogen-bond acceptors (Lipinski definition) is 6. The van der Waals surface area contributed by atoms with Crippen LogP contribution in [-0.2, 0) is 13.5 Å². The number of benzene rings is 1. The Morgan fingerprint density at radius 1 is 1.38 bits per heavy atom. The van der Waals surface area contributed by atoms with Gasteiger partial charge in [0.25, 0.3) is 0 Å². The van der Waals surface area contributed by atoms with E-state index in [4.69, 9.17) is 14.2 Å². The minimum Gasteiger partial charge on any atom is -0.492 e. The fourth-order valence-corrected chi connectivity index (χ4v) is 3.94. The zero-order valence-corrected chi connectivity index (χ0v) is 15.5. The molecule has 0 saturated carbocycles. The second-order valence-corrected chi connectivity index (χ2v) is 6.92. The van der Waals surface area contributed by atoms with E-state index in [0.717, 1.165) is 35.4 Å². The molecular weight excluding hydrogens is 334 g/mol. The van der Waals surface area contributed by atoms with Crippen LogP contribution >= 0.6 is 0 Å². The summed E-state index contributed by atoms with van der Waals surface area (Å²) in [5.41, 5.74) is 3.61. The van der Waals surface area contributed by atoms with E-state index in [9.17, 15) is 4.79 Å². The van der Waals surface area contributed by atoms with E-state index < -0.39 is 0 Å². The van der Waals surface area contributed by atoms with E-state index in [1.807, 2.05) is 33.3 Å². The van der Waals surface area contributed by atoms with Crippen molar-refractivity contribution in [3.63, 3.8) is 0 Å². The van der Waals surface area contributed by atoms with Gasteiger partial charge >= 0.3 is 0 Å². The fourth-order valence-electron chi connectivity index (χ4n) is 3.94. The molecule has 0 bridgehead atoms. The number of nitrogens with zero attached hydrogens (tertiary/aromatic N) is 3. The van der Waals surface area contributed by atoms with Gasteiger partial charge in [-0.1, -0.05) is 0 Å². The summed E-state index contributed by atoms with van der Waals surface area (Å²) in [4.78, 5) is 15.1. The quantitative estimate of drug-likeness (QED) is 0.782. The van der Waals surface area contributed by atoms with Crippen molar-refractivity contribution < 1.29 is 19.0 Å². The van der Waals surface area contributed by atoms with Crippen LogP contribution in [0.1, 0.15) is 39.6 Å². The molecule has 7 heteroatoms. The molecule has 2 aliphatic heterocycles. The van der Waals surface area contributed by atoms with E-state index in [0.29, 0.717) is 23.6 Å². The molecule has 0 saturated heterocycles. The molecule has 3 heterocycles. The zero-order chi connectivity index (χ0) is 18.4. The highest BCUT2D eigenvalue weighted by molar-refractivity contribution is 5.96.